The summed E-state index contributed by atoms with van der Waals surface area (Å²) < 4.78 is 28.8. The average Bonchev–Trinajstić information content (AvgIpc) is 2.55. The molecule has 0 radical (unpaired) electrons. The fourth-order valence-electron chi connectivity index (χ4n) is 2.93. The molecule has 1 saturated heterocycles. The quantitative estimate of drug-likeness (QED) is 0.537. The van der Waals surface area contributed by atoms with Crippen molar-refractivity contribution < 1.29 is 23.1 Å². The molecule has 0 spiro atoms. The van der Waals surface area contributed by atoms with Crippen LogP contribution in [0.5, 0.6) is 0 Å². The third kappa shape index (κ3) is 3.36. The molecule has 128 valence electrons. The van der Waals surface area contributed by atoms with E-state index in [1.807, 2.05) is 30.3 Å². The van der Waals surface area contributed by atoms with Crippen molar-refractivity contribution >= 4 is 13.5 Å². The fourth-order valence-corrected chi connectivity index (χ4v) is 4.62. The van der Waals surface area contributed by atoms with Gasteiger partial charge in [0.1, 0.15) is 6.29 Å². The summed E-state index contributed by atoms with van der Waals surface area (Å²) in [6.45, 7) is 5.76. The highest BCUT2D eigenvalue weighted by Crippen LogP contribution is 2.55. The first-order chi connectivity index (χ1) is 10.9. The minimum absolute atomic E-state index is 0.0774. The number of ether oxygens (including phenoxy) is 1. The van der Waals surface area contributed by atoms with Gasteiger partial charge in [-0.05, 0) is 26.3 Å². The van der Waals surface area contributed by atoms with Crippen LogP contribution in [0.1, 0.15) is 32.4 Å². The molecule has 6 nitrogen and oxygen atoms in total. The second-order valence-electron chi connectivity index (χ2n) is 5.49. The first-order valence-electron chi connectivity index (χ1n) is 7.71. The predicted molar refractivity (Wildman–Crippen MR) is 87.2 cm³/mol. The Labute approximate surface area is 137 Å². The first kappa shape index (κ1) is 18.1. The minimum Gasteiger partial charge on any atom is -0.366 e. The van der Waals surface area contributed by atoms with Crippen molar-refractivity contribution in [2.24, 2.45) is 0 Å². The van der Waals surface area contributed by atoms with E-state index in [9.17, 15) is 9.36 Å². The molecule has 0 aliphatic carbocycles. The number of carbonyl (C=O) groups is 1. The molecule has 2 atom stereocenters. The summed E-state index contributed by atoms with van der Waals surface area (Å²) in [5.74, 6) is -0.214. The number of likely N-dealkylation sites (tertiary alicyclic amines) is 1. The van der Waals surface area contributed by atoms with Crippen molar-refractivity contribution in [3.8, 4) is 0 Å². The van der Waals surface area contributed by atoms with Crippen molar-refractivity contribution in [2.45, 2.75) is 32.4 Å². The predicted octanol–water partition coefficient (Wildman–Crippen LogP) is 3.20. The van der Waals surface area contributed by atoms with Gasteiger partial charge in [0.2, 0.25) is 0 Å². The lowest BCUT2D eigenvalue weighted by atomic mass is 9.80. The normalized spacial score (nSPS) is 24.6. The largest absolute Gasteiger partial charge is 0.366 e. The smallest absolute Gasteiger partial charge is 0.349 e. The summed E-state index contributed by atoms with van der Waals surface area (Å²) in [6.07, 6.45) is -0.0774. The van der Waals surface area contributed by atoms with E-state index in [4.69, 9.17) is 13.8 Å². The zero-order valence-electron chi connectivity index (χ0n) is 14.0. The maximum atomic E-state index is 12.8. The highest BCUT2D eigenvalue weighted by molar-refractivity contribution is 7.53. The Morgan fingerprint density at radius 3 is 2.22 bits per heavy atom. The molecule has 1 aliphatic rings. The van der Waals surface area contributed by atoms with Gasteiger partial charge in [0.05, 0.1) is 19.3 Å². The second-order valence-corrected chi connectivity index (χ2v) is 7.51. The van der Waals surface area contributed by atoms with Crippen molar-refractivity contribution in [3.05, 3.63) is 35.9 Å². The molecule has 1 heterocycles. The maximum Gasteiger partial charge on any atom is 0.349 e. The molecule has 1 aromatic rings. The Balaban J connectivity index is 2.29. The molecule has 1 amide bonds. The lowest BCUT2D eigenvalue weighted by Gasteiger charge is -2.53. The van der Waals surface area contributed by atoms with E-state index in [0.717, 1.165) is 5.56 Å². The lowest BCUT2D eigenvalue weighted by molar-refractivity contribution is -0.193. The molecule has 0 bridgehead atoms. The number of nitrogens with zero attached hydrogens (tertiary/aromatic N) is 1. The summed E-state index contributed by atoms with van der Waals surface area (Å²) in [5.41, 5.74) is -0.0408. The third-order valence-electron chi connectivity index (χ3n) is 4.04. The summed E-state index contributed by atoms with van der Waals surface area (Å²) in [7, 11) is -1.84. The molecular weight excluding hydrogens is 317 g/mol. The van der Waals surface area contributed by atoms with Gasteiger partial charge in [0, 0.05) is 7.11 Å². The minimum atomic E-state index is -3.35. The van der Waals surface area contributed by atoms with Crippen molar-refractivity contribution in [2.75, 3.05) is 26.6 Å². The monoisotopic (exact) mass is 341 g/mol. The second kappa shape index (κ2) is 7.14. The Morgan fingerprint density at radius 2 is 1.74 bits per heavy atom. The molecular formula is C16H24NO5P. The number of amides is 1. The lowest BCUT2D eigenvalue weighted by Crippen LogP contribution is -2.67. The number of β-lactam (4-membered cyclic amide) rings is 1. The van der Waals surface area contributed by atoms with Gasteiger partial charge in [-0.25, -0.2) is 0 Å². The van der Waals surface area contributed by atoms with Crippen LogP contribution in [0.15, 0.2) is 30.3 Å². The Hall–Kier alpha value is -1.20. The van der Waals surface area contributed by atoms with E-state index >= 15 is 0 Å². The zero-order valence-corrected chi connectivity index (χ0v) is 14.9. The van der Waals surface area contributed by atoms with Gasteiger partial charge in [0.15, 0.2) is 5.60 Å². The van der Waals surface area contributed by atoms with Crippen LogP contribution in [0.2, 0.25) is 0 Å². The number of carbonyl (C=O) groups excluding carboxylic acids is 1. The zero-order chi connectivity index (χ0) is 17.1. The number of methoxy groups -OCH3 is 1. The fraction of sp³-hybridized carbons (Fsp3) is 0.562. The van der Waals surface area contributed by atoms with Crippen LogP contribution in [0.3, 0.4) is 0 Å². The third-order valence-corrected chi connectivity index (χ3v) is 5.99. The van der Waals surface area contributed by atoms with Gasteiger partial charge < -0.3 is 18.7 Å². The summed E-state index contributed by atoms with van der Waals surface area (Å²) in [4.78, 5) is 14.1. The Bertz CT molecular complexity index is 583. The Morgan fingerprint density at radius 1 is 1.17 bits per heavy atom. The van der Waals surface area contributed by atoms with Gasteiger partial charge in [-0.2, -0.15) is 0 Å². The highest BCUT2D eigenvalue weighted by atomic mass is 31.2. The van der Waals surface area contributed by atoms with Crippen LogP contribution in [0, 0.1) is 0 Å². The molecule has 1 fully saturated rings. The van der Waals surface area contributed by atoms with Gasteiger partial charge >= 0.3 is 7.60 Å². The van der Waals surface area contributed by atoms with Gasteiger partial charge in [-0.3, -0.25) is 9.36 Å². The van der Waals surface area contributed by atoms with E-state index < -0.39 is 13.2 Å². The molecule has 1 aromatic carbocycles. The van der Waals surface area contributed by atoms with E-state index in [2.05, 4.69) is 0 Å². The van der Waals surface area contributed by atoms with Crippen molar-refractivity contribution in [3.63, 3.8) is 0 Å². The highest BCUT2D eigenvalue weighted by Gasteiger charge is 2.60. The average molecular weight is 341 g/mol. The van der Waals surface area contributed by atoms with Gasteiger partial charge in [0.25, 0.3) is 5.91 Å². The van der Waals surface area contributed by atoms with Gasteiger partial charge in [-0.15, -0.1) is 0 Å². The molecule has 0 aromatic heterocycles. The van der Waals surface area contributed by atoms with Crippen LogP contribution in [-0.2, 0) is 23.1 Å². The van der Waals surface area contributed by atoms with E-state index in [0.29, 0.717) is 0 Å². The molecule has 0 saturated carbocycles. The Kier molecular flexibility index (Phi) is 5.63. The van der Waals surface area contributed by atoms with Crippen LogP contribution in [0.25, 0.3) is 0 Å². The summed E-state index contributed by atoms with van der Waals surface area (Å²) in [6, 6.07) is 9.23. The van der Waals surface area contributed by atoms with Crippen LogP contribution >= 0.6 is 7.60 Å². The number of hydrogen-bond acceptors (Lipinski definition) is 5. The number of benzene rings is 1. The molecule has 1 aliphatic heterocycles. The van der Waals surface area contributed by atoms with Gasteiger partial charge in [-0.1, -0.05) is 30.3 Å². The molecule has 7 heteroatoms. The molecule has 0 N–H and O–H groups in total. The maximum absolute atomic E-state index is 12.8. The van der Waals surface area contributed by atoms with E-state index in [1.54, 1.807) is 20.8 Å². The molecule has 23 heavy (non-hydrogen) atoms. The first-order valence-corrected chi connectivity index (χ1v) is 9.44. The molecule has 2 rings (SSSR count). The topological polar surface area (TPSA) is 65.1 Å². The summed E-state index contributed by atoms with van der Waals surface area (Å²) >= 11 is 0. The summed E-state index contributed by atoms with van der Waals surface area (Å²) in [5, 5.41) is 0. The van der Waals surface area contributed by atoms with Crippen LogP contribution in [-0.4, -0.2) is 43.0 Å². The van der Waals surface area contributed by atoms with Crippen molar-refractivity contribution in [1.82, 2.24) is 4.90 Å². The molecule has 0 unspecified atom stereocenters. The SMILES string of the molecule is CCOP(=O)(CN1C(=O)[C@@](C)(OC)[C@H]1c1ccccc1)OCC. The number of rotatable bonds is 8. The van der Waals surface area contributed by atoms with E-state index in [-0.39, 0.29) is 31.4 Å². The van der Waals surface area contributed by atoms with Crippen LogP contribution in [0.4, 0.5) is 0 Å². The van der Waals surface area contributed by atoms with E-state index in [1.165, 1.54) is 12.0 Å². The standard InChI is InChI=1S/C16H24NO5P/c1-5-21-23(19,22-6-2)12-17-14(13-10-8-7-9-11-13)16(3,20-4)15(17)18/h7-11,14H,5-6,12H2,1-4H3/t14-,16+/m1/s1. The number of hydrogen-bond donors (Lipinski definition) is 0. The van der Waals surface area contributed by atoms with Crippen molar-refractivity contribution in [1.29, 1.82) is 0 Å². The van der Waals surface area contributed by atoms with Crippen LogP contribution < -0.4 is 0 Å².